The number of hydrogen-bond acceptors (Lipinski definition) is 12. The van der Waals surface area contributed by atoms with Gasteiger partial charge < -0.3 is 23.8 Å². The Bertz CT molecular complexity index is 2350. The van der Waals surface area contributed by atoms with Gasteiger partial charge in [0.2, 0.25) is 17.9 Å². The van der Waals surface area contributed by atoms with Crippen LogP contribution in [0, 0.1) is 12.9 Å². The molecule has 310 valence electrons. The summed E-state index contributed by atoms with van der Waals surface area (Å²) in [6.45, 7) is 12.4. The molecule has 7 rings (SSSR count). The third-order valence-electron chi connectivity index (χ3n) is 10.4. The number of ether oxygens (including phenoxy) is 4. The molecule has 0 spiro atoms. The van der Waals surface area contributed by atoms with E-state index < -0.39 is 18.0 Å². The lowest BCUT2D eigenvalue weighted by molar-refractivity contribution is -0.151. The Morgan fingerprint density at radius 3 is 2.58 bits per heavy atom. The van der Waals surface area contributed by atoms with Crippen LogP contribution in [0.3, 0.4) is 0 Å². The van der Waals surface area contributed by atoms with Crippen LogP contribution < -0.4 is 14.2 Å². The van der Waals surface area contributed by atoms with Crippen molar-refractivity contribution in [2.75, 3.05) is 53.0 Å². The van der Waals surface area contributed by atoms with Crippen LogP contribution in [0.2, 0.25) is 5.02 Å². The van der Waals surface area contributed by atoms with Crippen molar-refractivity contribution in [1.29, 1.82) is 0 Å². The quantitative estimate of drug-likeness (QED) is 0.0615. The molecule has 1 saturated heterocycles. The minimum Gasteiger partial charge on any atom is -0.491 e. The second-order valence-corrected chi connectivity index (χ2v) is 15.8. The number of hydrogen-bond donors (Lipinski definition) is 0. The minimum atomic E-state index is -1.10. The monoisotopic (exact) mass is 841 g/mol. The van der Waals surface area contributed by atoms with E-state index in [-0.39, 0.29) is 18.9 Å². The first-order valence-corrected chi connectivity index (χ1v) is 21.2. The summed E-state index contributed by atoms with van der Waals surface area (Å²) in [6, 6.07) is 16.3. The second kappa shape index (κ2) is 19.7. The number of unbranched alkanes of at least 4 members (excludes halogenated alkanes) is 1. The van der Waals surface area contributed by atoms with Crippen molar-refractivity contribution in [2.45, 2.75) is 59.3 Å². The number of carbonyl (C=O) groups excluding carboxylic acids is 1. The van der Waals surface area contributed by atoms with Crippen LogP contribution >= 0.6 is 22.9 Å². The number of piperazine rings is 1. The van der Waals surface area contributed by atoms with Gasteiger partial charge >= 0.3 is 5.97 Å². The number of pyridine rings is 1. The lowest BCUT2D eigenvalue weighted by Gasteiger charge is -2.32. The molecule has 1 aliphatic rings. The minimum absolute atomic E-state index is 0.134. The van der Waals surface area contributed by atoms with Crippen LogP contribution in [0.4, 0.5) is 4.39 Å². The summed E-state index contributed by atoms with van der Waals surface area (Å²) in [6.07, 6.45) is 5.77. The van der Waals surface area contributed by atoms with Crippen LogP contribution in [0.5, 0.6) is 17.4 Å². The molecule has 4 aromatic heterocycles. The highest BCUT2D eigenvalue weighted by atomic mass is 35.5. The van der Waals surface area contributed by atoms with Gasteiger partial charge in [-0.3, -0.25) is 9.58 Å². The van der Waals surface area contributed by atoms with E-state index in [2.05, 4.69) is 43.8 Å². The zero-order valence-electron chi connectivity index (χ0n) is 33.8. The number of esters is 1. The Morgan fingerprint density at radius 2 is 1.80 bits per heavy atom. The van der Waals surface area contributed by atoms with E-state index in [1.807, 2.05) is 54.1 Å². The van der Waals surface area contributed by atoms with Crippen LogP contribution in [0.1, 0.15) is 43.5 Å². The van der Waals surface area contributed by atoms with E-state index in [0.29, 0.717) is 51.1 Å². The number of aromatic nitrogens is 5. The summed E-state index contributed by atoms with van der Waals surface area (Å²) in [5, 5.41) is 5.50. The molecule has 0 unspecified atom stereocenters. The number of thiophene rings is 1. The predicted octanol–water partition coefficient (Wildman–Crippen LogP) is 8.28. The van der Waals surface area contributed by atoms with Gasteiger partial charge in [0.05, 0.1) is 22.7 Å². The highest BCUT2D eigenvalue weighted by Gasteiger charge is 2.29. The Balaban J connectivity index is 1.22. The number of likely N-dealkylation sites (N-methyl/N-ethyl adjacent to an activating group) is 1. The third kappa shape index (κ3) is 10.0. The first-order chi connectivity index (χ1) is 28.7. The maximum Gasteiger partial charge on any atom is 0.347 e. The van der Waals surface area contributed by atoms with Crippen molar-refractivity contribution < 1.29 is 28.1 Å². The van der Waals surface area contributed by atoms with Crippen LogP contribution in [-0.2, 0) is 29.1 Å². The summed E-state index contributed by atoms with van der Waals surface area (Å²) in [7, 11) is 2.14. The molecular formula is C44H49ClFN7O5S. The van der Waals surface area contributed by atoms with Gasteiger partial charge in [-0.2, -0.15) is 9.49 Å². The molecule has 0 saturated carbocycles. The SMILES string of the molecule is CCCCn1nccc1COc1ccccc1C[C@@H](Oc1ncnc2sc(-c3ccc(F)nc3)c(-c3ccc(OCCN4CCN(C)CC4)c(Cl)c3C)c12)C(=O)OCC. The Hall–Kier alpha value is -5.15. The van der Waals surface area contributed by atoms with Gasteiger partial charge in [-0.15, -0.1) is 11.3 Å². The number of rotatable bonds is 18. The molecule has 1 fully saturated rings. The van der Waals surface area contributed by atoms with Crippen LogP contribution in [0.25, 0.3) is 31.8 Å². The number of fused-ring (bicyclic) bond motifs is 1. The number of aryl methyl sites for hydroxylation is 1. The first-order valence-electron chi connectivity index (χ1n) is 20.0. The average molecular weight is 842 g/mol. The fourth-order valence-corrected chi connectivity index (χ4v) is 8.42. The van der Waals surface area contributed by atoms with Crippen molar-refractivity contribution in [2.24, 2.45) is 0 Å². The van der Waals surface area contributed by atoms with E-state index >= 15 is 0 Å². The fourth-order valence-electron chi connectivity index (χ4n) is 7.06. The average Bonchev–Trinajstić information content (AvgIpc) is 3.87. The molecule has 0 amide bonds. The fraction of sp³-hybridized carbons (Fsp3) is 0.386. The summed E-state index contributed by atoms with van der Waals surface area (Å²) in [4.78, 5) is 33.0. The first kappa shape index (κ1) is 42.0. The molecule has 0 bridgehead atoms. The largest absolute Gasteiger partial charge is 0.491 e. The molecule has 1 atom stereocenters. The van der Waals surface area contributed by atoms with Gasteiger partial charge in [0.15, 0.2) is 0 Å². The highest BCUT2D eigenvalue weighted by molar-refractivity contribution is 7.22. The van der Waals surface area contributed by atoms with Gasteiger partial charge in [0.25, 0.3) is 0 Å². The Morgan fingerprint density at radius 1 is 0.966 bits per heavy atom. The van der Waals surface area contributed by atoms with Crippen LogP contribution in [0.15, 0.2) is 73.3 Å². The molecule has 12 nitrogen and oxygen atoms in total. The lowest BCUT2D eigenvalue weighted by atomic mass is 9.96. The van der Waals surface area contributed by atoms with E-state index in [9.17, 15) is 9.18 Å². The van der Waals surface area contributed by atoms with Crippen LogP contribution in [-0.4, -0.2) is 99.6 Å². The smallest absolute Gasteiger partial charge is 0.347 e. The molecule has 0 N–H and O–H groups in total. The molecular weight excluding hydrogens is 793 g/mol. The van der Waals surface area contributed by atoms with Gasteiger partial charge in [-0.1, -0.05) is 49.2 Å². The zero-order valence-corrected chi connectivity index (χ0v) is 35.4. The van der Waals surface area contributed by atoms with Crippen molar-refractivity contribution in [3.05, 3.63) is 101 Å². The van der Waals surface area contributed by atoms with Gasteiger partial charge in [-0.25, -0.2) is 19.7 Å². The second-order valence-electron chi connectivity index (χ2n) is 14.4. The van der Waals surface area contributed by atoms with Gasteiger partial charge in [0.1, 0.15) is 35.9 Å². The van der Waals surface area contributed by atoms with E-state index in [1.54, 1.807) is 19.2 Å². The number of halogens is 2. The van der Waals surface area contributed by atoms with E-state index in [0.717, 1.165) is 79.4 Å². The molecule has 0 radical (unpaired) electrons. The normalized spacial score (nSPS) is 14.1. The van der Waals surface area contributed by atoms with Crippen molar-refractivity contribution in [3.63, 3.8) is 0 Å². The summed E-state index contributed by atoms with van der Waals surface area (Å²) < 4.78 is 40.8. The molecule has 59 heavy (non-hydrogen) atoms. The van der Waals surface area contributed by atoms with Crippen molar-refractivity contribution >= 4 is 39.1 Å². The highest BCUT2D eigenvalue weighted by Crippen LogP contribution is 2.49. The Labute approximate surface area is 352 Å². The molecule has 1 aliphatic heterocycles. The topological polar surface area (TPSA) is 117 Å². The van der Waals surface area contributed by atoms with Crippen molar-refractivity contribution in [3.8, 4) is 38.9 Å². The van der Waals surface area contributed by atoms with Gasteiger partial charge in [-0.05, 0) is 74.3 Å². The molecule has 6 aromatic rings. The summed E-state index contributed by atoms with van der Waals surface area (Å²) in [5.41, 5.74) is 4.62. The van der Waals surface area contributed by atoms with Gasteiger partial charge in [0, 0.05) is 74.1 Å². The summed E-state index contributed by atoms with van der Waals surface area (Å²) in [5.74, 6) is 0.222. The van der Waals surface area contributed by atoms with E-state index in [1.165, 1.54) is 29.9 Å². The van der Waals surface area contributed by atoms with Crippen molar-refractivity contribution in [1.82, 2.24) is 34.5 Å². The standard InChI is InChI=1S/C44H49ClFN7O5S/c1-5-7-18-53-32(16-17-50-53)27-57-34-11-9-8-10-30(34)25-36(44(54)55-6-2)58-42-39-38(41(59-43(39)49-28-48-42)31-12-15-37(46)47-26-31)33-13-14-35(40(45)29(33)3)56-24-23-52-21-19-51(4)20-22-52/h8-17,26,28,36H,5-7,18-25,27H2,1-4H3/t36-/m1/s1. The molecule has 15 heteroatoms. The molecule has 2 aromatic carbocycles. The number of nitrogens with zero attached hydrogens (tertiary/aromatic N) is 7. The Kier molecular flexibility index (Phi) is 14.0. The number of para-hydroxylation sites is 1. The third-order valence-corrected chi connectivity index (χ3v) is 12.0. The maximum absolute atomic E-state index is 14.1. The number of carbonyl (C=O) groups is 1. The predicted molar refractivity (Wildman–Crippen MR) is 228 cm³/mol. The lowest BCUT2D eigenvalue weighted by Crippen LogP contribution is -2.45. The number of benzene rings is 2. The summed E-state index contributed by atoms with van der Waals surface area (Å²) >= 11 is 8.46. The molecule has 0 aliphatic carbocycles. The zero-order chi connectivity index (χ0) is 41.3. The maximum atomic E-state index is 14.1. The molecule has 5 heterocycles. The van der Waals surface area contributed by atoms with E-state index in [4.69, 9.17) is 30.5 Å².